The van der Waals surface area contributed by atoms with Crippen molar-refractivity contribution in [1.29, 1.82) is 0 Å². The van der Waals surface area contributed by atoms with E-state index >= 15 is 0 Å². The molecule has 0 fully saturated rings. The Morgan fingerprint density at radius 1 is 1.53 bits per heavy atom. The summed E-state index contributed by atoms with van der Waals surface area (Å²) in [4.78, 5) is 8.66. The fraction of sp³-hybridized carbons (Fsp3) is 0.455. The lowest BCUT2D eigenvalue weighted by atomic mass is 10.5. The average molecular weight is 252 g/mol. The van der Waals surface area contributed by atoms with Crippen molar-refractivity contribution in [2.24, 2.45) is 0 Å². The van der Waals surface area contributed by atoms with Crippen LogP contribution < -0.4 is 5.32 Å². The number of aromatic nitrogens is 3. The highest BCUT2D eigenvalue weighted by molar-refractivity contribution is 7.09. The number of nitrogens with zero attached hydrogens (tertiary/aromatic N) is 3. The molecule has 0 aliphatic rings. The summed E-state index contributed by atoms with van der Waals surface area (Å²) >= 11 is 1.66. The summed E-state index contributed by atoms with van der Waals surface area (Å²) in [5, 5.41) is 6.40. The third-order valence-corrected chi connectivity index (χ3v) is 3.28. The zero-order valence-corrected chi connectivity index (χ0v) is 10.8. The lowest BCUT2D eigenvalue weighted by molar-refractivity contribution is 0.187. The first-order chi connectivity index (χ1) is 8.29. The highest BCUT2D eigenvalue weighted by Crippen LogP contribution is 2.11. The normalized spacial score (nSPS) is 10.7. The van der Waals surface area contributed by atoms with Gasteiger partial charge in [0.15, 0.2) is 0 Å². The Morgan fingerprint density at radius 3 is 3.12 bits per heavy atom. The van der Waals surface area contributed by atoms with Crippen molar-refractivity contribution in [2.75, 3.05) is 19.0 Å². The van der Waals surface area contributed by atoms with E-state index in [0.29, 0.717) is 13.2 Å². The molecule has 17 heavy (non-hydrogen) atoms. The molecular formula is C11H16N4OS. The Hall–Kier alpha value is -1.40. The van der Waals surface area contributed by atoms with Gasteiger partial charge in [0.2, 0.25) is 5.95 Å². The van der Waals surface area contributed by atoms with Gasteiger partial charge < -0.3 is 14.6 Å². The molecule has 2 heterocycles. The quantitative estimate of drug-likeness (QED) is 0.853. The van der Waals surface area contributed by atoms with Gasteiger partial charge in [0, 0.05) is 37.1 Å². The van der Waals surface area contributed by atoms with E-state index in [2.05, 4.69) is 20.7 Å². The number of hydrogen-bond acceptors (Lipinski definition) is 5. The minimum Gasteiger partial charge on any atom is -0.383 e. The first-order valence-electron chi connectivity index (χ1n) is 5.44. The minimum atomic E-state index is 0.682. The Morgan fingerprint density at radius 2 is 2.41 bits per heavy atom. The highest BCUT2D eigenvalue weighted by atomic mass is 32.1. The second-order valence-corrected chi connectivity index (χ2v) is 4.62. The maximum Gasteiger partial charge on any atom is 0.203 e. The van der Waals surface area contributed by atoms with Crippen LogP contribution in [0.4, 0.5) is 5.95 Å². The summed E-state index contributed by atoms with van der Waals surface area (Å²) < 4.78 is 7.08. The summed E-state index contributed by atoms with van der Waals surface area (Å²) in [5.41, 5.74) is 1.06. The predicted octanol–water partition coefficient (Wildman–Crippen LogP) is 1.91. The summed E-state index contributed by atoms with van der Waals surface area (Å²) in [6.45, 7) is 4.19. The largest absolute Gasteiger partial charge is 0.383 e. The van der Waals surface area contributed by atoms with Gasteiger partial charge >= 0.3 is 0 Å². The fourth-order valence-electron chi connectivity index (χ4n) is 1.48. The molecule has 0 unspecified atom stereocenters. The van der Waals surface area contributed by atoms with E-state index in [1.807, 2.05) is 17.7 Å². The third kappa shape index (κ3) is 3.28. The van der Waals surface area contributed by atoms with E-state index in [1.165, 1.54) is 0 Å². The zero-order valence-electron chi connectivity index (χ0n) is 10.0. The van der Waals surface area contributed by atoms with Crippen LogP contribution in [0.3, 0.4) is 0 Å². The van der Waals surface area contributed by atoms with Crippen molar-refractivity contribution >= 4 is 17.3 Å². The molecule has 1 N–H and O–H groups in total. The van der Waals surface area contributed by atoms with Crippen LogP contribution in [-0.4, -0.2) is 28.3 Å². The number of methoxy groups -OCH3 is 1. The monoisotopic (exact) mass is 252 g/mol. The topological polar surface area (TPSA) is 52.0 Å². The number of nitrogens with one attached hydrogen (secondary N) is 1. The van der Waals surface area contributed by atoms with E-state index in [0.717, 1.165) is 23.2 Å². The maximum atomic E-state index is 5.05. The number of rotatable bonds is 6. The van der Waals surface area contributed by atoms with Crippen molar-refractivity contribution in [3.63, 3.8) is 0 Å². The van der Waals surface area contributed by atoms with Crippen molar-refractivity contribution in [2.45, 2.75) is 20.0 Å². The molecule has 0 aromatic carbocycles. The van der Waals surface area contributed by atoms with Gasteiger partial charge in [-0.15, -0.1) is 11.3 Å². The molecule has 0 bridgehead atoms. The molecule has 0 atom stereocenters. The SMILES string of the molecule is COCCn1ccnc1NCc1nc(C)cs1. The number of imidazole rings is 1. The molecule has 2 aromatic rings. The van der Waals surface area contributed by atoms with E-state index in [-0.39, 0.29) is 0 Å². The molecule has 0 radical (unpaired) electrons. The third-order valence-electron chi connectivity index (χ3n) is 2.32. The van der Waals surface area contributed by atoms with E-state index in [1.54, 1.807) is 24.6 Å². The standard InChI is InChI=1S/C11H16N4OS/c1-9-8-17-10(14-9)7-13-11-12-3-4-15(11)5-6-16-2/h3-4,8H,5-7H2,1-2H3,(H,12,13). The van der Waals surface area contributed by atoms with Crippen molar-refractivity contribution in [1.82, 2.24) is 14.5 Å². The van der Waals surface area contributed by atoms with Gasteiger partial charge in [-0.3, -0.25) is 0 Å². The molecule has 0 spiro atoms. The number of aryl methyl sites for hydroxylation is 1. The highest BCUT2D eigenvalue weighted by Gasteiger charge is 2.03. The zero-order chi connectivity index (χ0) is 12.1. The number of ether oxygens (including phenoxy) is 1. The lowest BCUT2D eigenvalue weighted by Gasteiger charge is -2.07. The second-order valence-electron chi connectivity index (χ2n) is 3.67. The van der Waals surface area contributed by atoms with Gasteiger partial charge in [-0.1, -0.05) is 0 Å². The number of thiazole rings is 1. The minimum absolute atomic E-state index is 0.682. The van der Waals surface area contributed by atoms with Crippen molar-refractivity contribution < 1.29 is 4.74 Å². The Labute approximate surface area is 104 Å². The Kier molecular flexibility index (Phi) is 4.11. The van der Waals surface area contributed by atoms with Gasteiger partial charge in [0.25, 0.3) is 0 Å². The Bertz CT molecular complexity index is 465. The van der Waals surface area contributed by atoms with Gasteiger partial charge in [0.1, 0.15) is 5.01 Å². The van der Waals surface area contributed by atoms with Crippen LogP contribution in [0.5, 0.6) is 0 Å². The van der Waals surface area contributed by atoms with E-state index in [9.17, 15) is 0 Å². The van der Waals surface area contributed by atoms with Crippen LogP contribution in [-0.2, 0) is 17.8 Å². The Balaban J connectivity index is 1.92. The fourth-order valence-corrected chi connectivity index (χ4v) is 2.20. The first kappa shape index (κ1) is 12.1. The van der Waals surface area contributed by atoms with Crippen LogP contribution in [0, 0.1) is 6.92 Å². The van der Waals surface area contributed by atoms with Crippen molar-refractivity contribution in [3.05, 3.63) is 28.5 Å². The molecule has 0 aliphatic heterocycles. The number of hydrogen-bond donors (Lipinski definition) is 1. The number of anilines is 1. The summed E-state index contributed by atoms with van der Waals surface area (Å²) in [7, 11) is 1.70. The predicted molar refractivity (Wildman–Crippen MR) is 68.3 cm³/mol. The van der Waals surface area contributed by atoms with Gasteiger partial charge in [-0.05, 0) is 6.92 Å². The summed E-state index contributed by atoms with van der Waals surface area (Å²) in [5.74, 6) is 0.856. The van der Waals surface area contributed by atoms with Crippen LogP contribution in [0.2, 0.25) is 0 Å². The van der Waals surface area contributed by atoms with Gasteiger partial charge in [-0.25, -0.2) is 9.97 Å². The van der Waals surface area contributed by atoms with Crippen LogP contribution in [0.25, 0.3) is 0 Å². The second kappa shape index (κ2) is 5.79. The van der Waals surface area contributed by atoms with Crippen LogP contribution >= 0.6 is 11.3 Å². The van der Waals surface area contributed by atoms with Crippen LogP contribution in [0.1, 0.15) is 10.7 Å². The first-order valence-corrected chi connectivity index (χ1v) is 6.32. The molecule has 0 saturated carbocycles. The molecule has 0 aliphatic carbocycles. The molecule has 0 amide bonds. The molecule has 92 valence electrons. The summed E-state index contributed by atoms with van der Waals surface area (Å²) in [6, 6.07) is 0. The van der Waals surface area contributed by atoms with E-state index < -0.39 is 0 Å². The molecular weight excluding hydrogens is 236 g/mol. The average Bonchev–Trinajstić information content (AvgIpc) is 2.92. The summed E-state index contributed by atoms with van der Waals surface area (Å²) in [6.07, 6.45) is 3.72. The lowest BCUT2D eigenvalue weighted by Crippen LogP contribution is -2.09. The van der Waals surface area contributed by atoms with Gasteiger partial charge in [0.05, 0.1) is 13.2 Å². The molecule has 2 aromatic heterocycles. The van der Waals surface area contributed by atoms with Crippen molar-refractivity contribution in [3.8, 4) is 0 Å². The van der Waals surface area contributed by atoms with Gasteiger partial charge in [-0.2, -0.15) is 0 Å². The molecule has 2 rings (SSSR count). The maximum absolute atomic E-state index is 5.05. The van der Waals surface area contributed by atoms with Crippen LogP contribution in [0.15, 0.2) is 17.8 Å². The van der Waals surface area contributed by atoms with E-state index in [4.69, 9.17) is 4.74 Å². The molecule has 0 saturated heterocycles. The molecule has 6 heteroatoms. The smallest absolute Gasteiger partial charge is 0.203 e. The molecule has 5 nitrogen and oxygen atoms in total.